The van der Waals surface area contributed by atoms with Gasteiger partial charge in [-0.3, -0.25) is 0 Å². The maximum Gasteiger partial charge on any atom is 0.0974 e. The second kappa shape index (κ2) is 7.43. The summed E-state index contributed by atoms with van der Waals surface area (Å²) in [6, 6.07) is 13.7. The van der Waals surface area contributed by atoms with Gasteiger partial charge >= 0.3 is 0 Å². The van der Waals surface area contributed by atoms with Crippen molar-refractivity contribution in [2.75, 3.05) is 12.4 Å². The molecule has 0 saturated carbocycles. The zero-order valence-corrected chi connectivity index (χ0v) is 14.3. The average Bonchev–Trinajstić information content (AvgIpc) is 2.99. The van der Waals surface area contributed by atoms with Crippen LogP contribution in [0.4, 0.5) is 0 Å². The number of nitrogens with one attached hydrogen (secondary N) is 1. The van der Waals surface area contributed by atoms with Gasteiger partial charge in [-0.2, -0.15) is 0 Å². The molecule has 0 radical (unpaired) electrons. The standard InChI is InChI=1S/C17H15ClN2S2/c18-15-8-6-14(7-9-15)4-3-10-17(12-19-13-21-17)22-16-5-1-2-11-20-16/h1-2,5-9,11,19H,10,12-13H2. The molecule has 1 N–H and O–H groups in total. The number of halogens is 1. The van der Waals surface area contributed by atoms with E-state index in [-0.39, 0.29) is 4.08 Å². The number of hydrogen-bond donors (Lipinski definition) is 1. The summed E-state index contributed by atoms with van der Waals surface area (Å²) in [5.41, 5.74) is 0.998. The maximum absolute atomic E-state index is 5.89. The van der Waals surface area contributed by atoms with Gasteiger partial charge in [0.25, 0.3) is 0 Å². The number of nitrogens with zero attached hydrogens (tertiary/aromatic N) is 1. The van der Waals surface area contributed by atoms with Gasteiger partial charge in [0.05, 0.1) is 9.11 Å². The van der Waals surface area contributed by atoms with Crippen LogP contribution in [0.5, 0.6) is 0 Å². The lowest BCUT2D eigenvalue weighted by Crippen LogP contribution is -2.25. The van der Waals surface area contributed by atoms with Crippen LogP contribution in [0.1, 0.15) is 12.0 Å². The second-order valence-electron chi connectivity index (χ2n) is 4.88. The molecule has 1 saturated heterocycles. The highest BCUT2D eigenvalue weighted by molar-refractivity contribution is 8.18. The number of hydrogen-bond acceptors (Lipinski definition) is 4. The van der Waals surface area contributed by atoms with E-state index in [2.05, 4.69) is 28.2 Å². The van der Waals surface area contributed by atoms with Crippen LogP contribution in [0.3, 0.4) is 0 Å². The van der Waals surface area contributed by atoms with Gasteiger partial charge < -0.3 is 5.32 Å². The van der Waals surface area contributed by atoms with Crippen molar-refractivity contribution in [3.8, 4) is 11.8 Å². The molecule has 2 nitrogen and oxygen atoms in total. The van der Waals surface area contributed by atoms with Crippen LogP contribution in [-0.4, -0.2) is 21.5 Å². The fraction of sp³-hybridized carbons (Fsp3) is 0.235. The zero-order valence-electron chi connectivity index (χ0n) is 11.9. The van der Waals surface area contributed by atoms with E-state index >= 15 is 0 Å². The van der Waals surface area contributed by atoms with Crippen molar-refractivity contribution in [2.45, 2.75) is 15.5 Å². The van der Waals surface area contributed by atoms with Crippen LogP contribution in [-0.2, 0) is 0 Å². The Morgan fingerprint density at radius 3 is 2.82 bits per heavy atom. The molecule has 2 aromatic rings. The van der Waals surface area contributed by atoms with E-state index < -0.39 is 0 Å². The van der Waals surface area contributed by atoms with Crippen LogP contribution in [0.15, 0.2) is 53.7 Å². The Balaban J connectivity index is 1.71. The van der Waals surface area contributed by atoms with Gasteiger partial charge in [-0.15, -0.1) is 11.8 Å². The van der Waals surface area contributed by atoms with E-state index in [4.69, 9.17) is 11.6 Å². The molecule has 22 heavy (non-hydrogen) atoms. The molecule has 0 aliphatic carbocycles. The van der Waals surface area contributed by atoms with Gasteiger partial charge in [0.15, 0.2) is 0 Å². The molecule has 1 atom stereocenters. The molecule has 3 rings (SSSR count). The topological polar surface area (TPSA) is 24.9 Å². The van der Waals surface area contributed by atoms with E-state index in [9.17, 15) is 0 Å². The first-order valence-electron chi connectivity index (χ1n) is 6.95. The lowest BCUT2D eigenvalue weighted by atomic mass is 10.2. The molecule has 1 unspecified atom stereocenters. The number of thioether (sulfide) groups is 2. The Hall–Kier alpha value is -1.12. The van der Waals surface area contributed by atoms with Gasteiger partial charge in [0.1, 0.15) is 0 Å². The smallest absolute Gasteiger partial charge is 0.0974 e. The van der Waals surface area contributed by atoms with E-state index in [0.717, 1.165) is 34.5 Å². The molecule has 0 spiro atoms. The van der Waals surface area contributed by atoms with Crippen molar-refractivity contribution in [3.05, 3.63) is 59.2 Å². The van der Waals surface area contributed by atoms with Crippen molar-refractivity contribution in [2.24, 2.45) is 0 Å². The van der Waals surface area contributed by atoms with E-state index in [0.29, 0.717) is 0 Å². The Morgan fingerprint density at radius 2 is 2.14 bits per heavy atom. The highest BCUT2D eigenvalue weighted by Crippen LogP contribution is 2.45. The summed E-state index contributed by atoms with van der Waals surface area (Å²) in [6.45, 7) is 0.939. The summed E-state index contributed by atoms with van der Waals surface area (Å²) >= 11 is 9.60. The van der Waals surface area contributed by atoms with Crippen molar-refractivity contribution >= 4 is 35.1 Å². The summed E-state index contributed by atoms with van der Waals surface area (Å²) < 4.78 is 0.0355. The molecule has 5 heteroatoms. The van der Waals surface area contributed by atoms with Crippen molar-refractivity contribution in [1.29, 1.82) is 0 Å². The fourth-order valence-electron chi connectivity index (χ4n) is 2.10. The van der Waals surface area contributed by atoms with Gasteiger partial charge in [-0.25, -0.2) is 4.98 Å². The molecule has 1 aromatic heterocycles. The quantitative estimate of drug-likeness (QED) is 0.839. The first kappa shape index (κ1) is 15.8. The lowest BCUT2D eigenvalue weighted by Gasteiger charge is -2.23. The molecule has 2 heterocycles. The molecule has 0 bridgehead atoms. The molecule has 1 aliphatic rings. The van der Waals surface area contributed by atoms with Crippen LogP contribution in [0.25, 0.3) is 0 Å². The van der Waals surface area contributed by atoms with Crippen LogP contribution >= 0.6 is 35.1 Å². The number of benzene rings is 1. The minimum atomic E-state index is 0.0355. The highest BCUT2D eigenvalue weighted by Gasteiger charge is 2.35. The minimum Gasteiger partial charge on any atom is -0.306 e. The maximum atomic E-state index is 5.89. The second-order valence-corrected chi connectivity index (χ2v) is 8.34. The van der Waals surface area contributed by atoms with Crippen LogP contribution in [0, 0.1) is 11.8 Å². The fourth-order valence-corrected chi connectivity index (χ4v) is 4.70. The van der Waals surface area contributed by atoms with Gasteiger partial charge in [-0.05, 0) is 36.4 Å². The minimum absolute atomic E-state index is 0.0355. The average molecular weight is 347 g/mol. The Labute approximate surface area is 144 Å². The molecule has 1 aromatic carbocycles. The van der Waals surface area contributed by atoms with E-state index in [1.165, 1.54) is 0 Å². The monoisotopic (exact) mass is 346 g/mol. The summed E-state index contributed by atoms with van der Waals surface area (Å²) in [7, 11) is 0. The molecule has 0 amide bonds. The van der Waals surface area contributed by atoms with Gasteiger partial charge in [0.2, 0.25) is 0 Å². The molecule has 1 fully saturated rings. The Kier molecular flexibility index (Phi) is 5.32. The third-order valence-corrected chi connectivity index (χ3v) is 6.32. The first-order valence-corrected chi connectivity index (χ1v) is 9.13. The number of aromatic nitrogens is 1. The first-order chi connectivity index (χ1) is 10.8. The normalized spacial score (nSPS) is 20.4. The van der Waals surface area contributed by atoms with Crippen molar-refractivity contribution in [1.82, 2.24) is 10.3 Å². The number of rotatable bonds is 3. The molecular formula is C17H15ClN2S2. The molecular weight excluding hydrogens is 332 g/mol. The van der Waals surface area contributed by atoms with Gasteiger partial charge in [-0.1, -0.05) is 41.3 Å². The predicted octanol–water partition coefficient (Wildman–Crippen LogP) is 4.26. The summed E-state index contributed by atoms with van der Waals surface area (Å²) in [5.74, 6) is 7.51. The lowest BCUT2D eigenvalue weighted by molar-refractivity contribution is 0.749. The molecule has 112 valence electrons. The Morgan fingerprint density at radius 1 is 1.27 bits per heavy atom. The van der Waals surface area contributed by atoms with Crippen molar-refractivity contribution in [3.63, 3.8) is 0 Å². The van der Waals surface area contributed by atoms with E-state index in [1.807, 2.05) is 54.4 Å². The third kappa shape index (κ3) is 4.21. The highest BCUT2D eigenvalue weighted by atomic mass is 35.5. The van der Waals surface area contributed by atoms with Crippen LogP contribution < -0.4 is 5.32 Å². The van der Waals surface area contributed by atoms with E-state index in [1.54, 1.807) is 11.8 Å². The van der Waals surface area contributed by atoms with Crippen LogP contribution in [0.2, 0.25) is 5.02 Å². The summed E-state index contributed by atoms with van der Waals surface area (Å²) in [6.07, 6.45) is 2.65. The predicted molar refractivity (Wildman–Crippen MR) is 96.2 cm³/mol. The number of pyridine rings is 1. The largest absolute Gasteiger partial charge is 0.306 e. The third-order valence-electron chi connectivity index (χ3n) is 3.19. The summed E-state index contributed by atoms with van der Waals surface area (Å²) in [4.78, 5) is 4.42. The molecule has 1 aliphatic heterocycles. The summed E-state index contributed by atoms with van der Waals surface area (Å²) in [5, 5.41) is 5.21. The zero-order chi connectivity index (χ0) is 15.3. The SMILES string of the molecule is Clc1ccc(C#CCC2(Sc3ccccn3)CNCS2)cc1. The Bertz CT molecular complexity index is 671. The van der Waals surface area contributed by atoms with Crippen molar-refractivity contribution < 1.29 is 0 Å². The van der Waals surface area contributed by atoms with Gasteiger partial charge in [0, 0.05) is 35.6 Å².